The Morgan fingerprint density at radius 2 is 2.10 bits per heavy atom. The Morgan fingerprint density at radius 1 is 1.33 bits per heavy atom. The van der Waals surface area contributed by atoms with Crippen LogP contribution in [0.5, 0.6) is 5.75 Å². The summed E-state index contributed by atoms with van der Waals surface area (Å²) in [6.07, 6.45) is 1.71. The molecule has 1 aromatic carbocycles. The molecule has 21 heavy (non-hydrogen) atoms. The summed E-state index contributed by atoms with van der Waals surface area (Å²) < 4.78 is 12.6. The summed E-state index contributed by atoms with van der Waals surface area (Å²) in [6.45, 7) is 3.69. The summed E-state index contributed by atoms with van der Waals surface area (Å²) in [5.41, 5.74) is 2.75. The van der Waals surface area contributed by atoms with Crippen molar-refractivity contribution < 1.29 is 13.9 Å². The van der Waals surface area contributed by atoms with E-state index in [1.54, 1.807) is 25.0 Å². The van der Waals surface area contributed by atoms with Gasteiger partial charge in [0.05, 0.1) is 18.4 Å². The molecule has 3 rings (SSSR count). The average Bonchev–Trinajstić information content (AvgIpc) is 2.98. The fraction of sp³-hybridized carbons (Fsp3) is 0.250. The van der Waals surface area contributed by atoms with Gasteiger partial charge in [0.1, 0.15) is 11.3 Å². The number of furan rings is 1. The van der Waals surface area contributed by atoms with Gasteiger partial charge in [-0.15, -0.1) is 0 Å². The van der Waals surface area contributed by atoms with Gasteiger partial charge in [-0.05, 0) is 32.0 Å². The minimum absolute atomic E-state index is 0.145. The lowest BCUT2D eigenvalue weighted by atomic mass is 10.1. The second-order valence-corrected chi connectivity index (χ2v) is 5.05. The maximum Gasteiger partial charge on any atom is 0.231 e. The zero-order chi connectivity index (χ0) is 15.1. The van der Waals surface area contributed by atoms with E-state index in [1.807, 2.05) is 32.0 Å². The van der Waals surface area contributed by atoms with Crippen LogP contribution in [-0.4, -0.2) is 22.7 Å². The van der Waals surface area contributed by atoms with Crippen LogP contribution in [0.25, 0.3) is 11.0 Å². The van der Waals surface area contributed by atoms with E-state index in [9.17, 15) is 4.79 Å². The van der Waals surface area contributed by atoms with E-state index in [0.29, 0.717) is 22.6 Å². The van der Waals surface area contributed by atoms with Gasteiger partial charge in [-0.1, -0.05) is 0 Å². The quantitative estimate of drug-likeness (QED) is 0.694. The Kier molecular flexibility index (Phi) is 3.05. The molecule has 0 spiro atoms. The van der Waals surface area contributed by atoms with Crippen LogP contribution in [0.3, 0.4) is 0 Å². The smallest absolute Gasteiger partial charge is 0.231 e. The number of ether oxygens (including phenoxy) is 1. The molecule has 0 saturated heterocycles. The highest BCUT2D eigenvalue weighted by atomic mass is 16.5. The molecular weight excluding hydrogens is 268 g/mol. The van der Waals surface area contributed by atoms with Crippen molar-refractivity contribution in [2.24, 2.45) is 7.05 Å². The van der Waals surface area contributed by atoms with Gasteiger partial charge in [0.15, 0.2) is 5.76 Å². The highest BCUT2D eigenvalue weighted by molar-refractivity contribution is 6.11. The van der Waals surface area contributed by atoms with Crippen LogP contribution in [0.1, 0.15) is 27.4 Å². The molecule has 108 valence electrons. The highest BCUT2D eigenvalue weighted by Gasteiger charge is 2.22. The van der Waals surface area contributed by atoms with Crippen LogP contribution in [0.4, 0.5) is 0 Å². The number of rotatable bonds is 3. The fourth-order valence-corrected chi connectivity index (χ4v) is 2.49. The van der Waals surface area contributed by atoms with Crippen molar-refractivity contribution in [3.8, 4) is 5.75 Å². The number of aromatic nitrogens is 2. The van der Waals surface area contributed by atoms with Crippen molar-refractivity contribution >= 4 is 16.8 Å². The SMILES string of the molecule is COc1ccc2oc(C(=O)c3cn(C)nc3C)c(C)c2c1. The predicted octanol–water partition coefficient (Wildman–Crippen LogP) is 3.02. The Bertz CT molecular complexity index is 843. The molecule has 0 aliphatic carbocycles. The average molecular weight is 284 g/mol. The van der Waals surface area contributed by atoms with Crippen LogP contribution in [0, 0.1) is 13.8 Å². The first-order valence-electron chi connectivity index (χ1n) is 6.63. The van der Waals surface area contributed by atoms with E-state index in [1.165, 1.54) is 0 Å². The van der Waals surface area contributed by atoms with Gasteiger partial charge in [-0.25, -0.2) is 0 Å². The monoisotopic (exact) mass is 284 g/mol. The third-order valence-corrected chi connectivity index (χ3v) is 3.61. The number of carbonyl (C=O) groups is 1. The van der Waals surface area contributed by atoms with Gasteiger partial charge in [0, 0.05) is 24.2 Å². The molecule has 2 heterocycles. The molecule has 0 aliphatic heterocycles. The number of benzene rings is 1. The third-order valence-electron chi connectivity index (χ3n) is 3.61. The largest absolute Gasteiger partial charge is 0.497 e. The van der Waals surface area contributed by atoms with Gasteiger partial charge in [0.2, 0.25) is 5.78 Å². The van der Waals surface area contributed by atoms with Crippen molar-refractivity contribution in [3.05, 3.63) is 47.0 Å². The molecule has 0 fully saturated rings. The molecule has 5 heteroatoms. The summed E-state index contributed by atoms with van der Waals surface area (Å²) in [5.74, 6) is 0.950. The molecule has 0 saturated carbocycles. The second kappa shape index (κ2) is 4.77. The highest BCUT2D eigenvalue weighted by Crippen LogP contribution is 2.30. The number of hydrogen-bond donors (Lipinski definition) is 0. The normalized spacial score (nSPS) is 11.0. The molecule has 0 radical (unpaired) electrons. The van der Waals surface area contributed by atoms with Crippen molar-refractivity contribution in [3.63, 3.8) is 0 Å². The Balaban J connectivity index is 2.14. The molecule has 5 nitrogen and oxygen atoms in total. The van der Waals surface area contributed by atoms with Crippen molar-refractivity contribution in [1.29, 1.82) is 0 Å². The Hall–Kier alpha value is -2.56. The number of methoxy groups -OCH3 is 1. The van der Waals surface area contributed by atoms with Crippen LogP contribution in [-0.2, 0) is 7.05 Å². The van der Waals surface area contributed by atoms with Gasteiger partial charge in [-0.3, -0.25) is 9.48 Å². The number of aryl methyl sites for hydroxylation is 3. The van der Waals surface area contributed by atoms with E-state index >= 15 is 0 Å². The molecule has 0 N–H and O–H groups in total. The number of fused-ring (bicyclic) bond motifs is 1. The molecular formula is C16H16N2O3. The molecule has 0 unspecified atom stereocenters. The summed E-state index contributed by atoms with van der Waals surface area (Å²) in [7, 11) is 3.40. The summed E-state index contributed by atoms with van der Waals surface area (Å²) in [6, 6.07) is 5.50. The van der Waals surface area contributed by atoms with Crippen LogP contribution < -0.4 is 4.74 Å². The van der Waals surface area contributed by atoms with Gasteiger partial charge in [0.25, 0.3) is 0 Å². The van der Waals surface area contributed by atoms with E-state index in [4.69, 9.17) is 9.15 Å². The van der Waals surface area contributed by atoms with E-state index < -0.39 is 0 Å². The first-order chi connectivity index (χ1) is 10.0. The maximum absolute atomic E-state index is 12.6. The van der Waals surface area contributed by atoms with Crippen LogP contribution in [0.2, 0.25) is 0 Å². The molecule has 2 aromatic heterocycles. The van der Waals surface area contributed by atoms with E-state index in [0.717, 1.165) is 16.7 Å². The topological polar surface area (TPSA) is 57.3 Å². The molecule has 0 bridgehead atoms. The summed E-state index contributed by atoms with van der Waals surface area (Å²) in [5, 5.41) is 5.09. The first-order valence-corrected chi connectivity index (χ1v) is 6.63. The van der Waals surface area contributed by atoms with E-state index in [-0.39, 0.29) is 5.78 Å². The zero-order valence-corrected chi connectivity index (χ0v) is 12.4. The fourth-order valence-electron chi connectivity index (χ4n) is 2.49. The third kappa shape index (κ3) is 2.11. The minimum atomic E-state index is -0.145. The van der Waals surface area contributed by atoms with Crippen molar-refractivity contribution in [1.82, 2.24) is 9.78 Å². The van der Waals surface area contributed by atoms with Gasteiger partial charge >= 0.3 is 0 Å². The standard InChI is InChI=1S/C16H16N2O3/c1-9-12-7-11(20-4)5-6-14(12)21-16(9)15(19)13-8-18(3)17-10(13)2/h5-8H,1-4H3. The lowest BCUT2D eigenvalue weighted by Crippen LogP contribution is -2.02. The number of nitrogens with zero attached hydrogens (tertiary/aromatic N) is 2. The second-order valence-electron chi connectivity index (χ2n) is 5.05. The lowest BCUT2D eigenvalue weighted by Gasteiger charge is -1.98. The summed E-state index contributed by atoms with van der Waals surface area (Å²) in [4.78, 5) is 12.6. The number of hydrogen-bond acceptors (Lipinski definition) is 4. The molecule has 0 aliphatic rings. The maximum atomic E-state index is 12.6. The molecule has 0 amide bonds. The van der Waals surface area contributed by atoms with Crippen LogP contribution in [0.15, 0.2) is 28.8 Å². The van der Waals surface area contributed by atoms with Crippen LogP contribution >= 0.6 is 0 Å². The lowest BCUT2D eigenvalue weighted by molar-refractivity contribution is 0.101. The van der Waals surface area contributed by atoms with Crippen molar-refractivity contribution in [2.75, 3.05) is 7.11 Å². The first kappa shape index (κ1) is 13.4. The van der Waals surface area contributed by atoms with Crippen molar-refractivity contribution in [2.45, 2.75) is 13.8 Å². The Labute approximate surface area is 122 Å². The molecule has 0 atom stereocenters. The molecule has 3 aromatic rings. The number of ketones is 1. The minimum Gasteiger partial charge on any atom is -0.497 e. The van der Waals surface area contributed by atoms with Gasteiger partial charge < -0.3 is 9.15 Å². The van der Waals surface area contributed by atoms with E-state index in [2.05, 4.69) is 5.10 Å². The predicted molar refractivity (Wildman–Crippen MR) is 78.9 cm³/mol. The summed E-state index contributed by atoms with van der Waals surface area (Å²) >= 11 is 0. The zero-order valence-electron chi connectivity index (χ0n) is 12.4. The Morgan fingerprint density at radius 3 is 2.71 bits per heavy atom. The number of carbonyl (C=O) groups excluding carboxylic acids is 1. The van der Waals surface area contributed by atoms with Gasteiger partial charge in [-0.2, -0.15) is 5.10 Å².